The molecule has 2 nitrogen and oxygen atoms in total. The molecule has 0 radical (unpaired) electrons. The van der Waals surface area contributed by atoms with Gasteiger partial charge in [-0.25, -0.2) is 0 Å². The van der Waals surface area contributed by atoms with Crippen LogP contribution in [0.25, 0.3) is 0 Å². The zero-order chi connectivity index (χ0) is 6.27. The highest BCUT2D eigenvalue weighted by Crippen LogP contribution is 2.31. The van der Waals surface area contributed by atoms with Gasteiger partial charge in [-0.05, 0) is 19.9 Å². The summed E-state index contributed by atoms with van der Waals surface area (Å²) in [6.07, 6.45) is 3.11. The van der Waals surface area contributed by atoms with E-state index < -0.39 is 0 Å². The van der Waals surface area contributed by atoms with Gasteiger partial charge in [0.25, 0.3) is 0 Å². The summed E-state index contributed by atoms with van der Waals surface area (Å²) in [6, 6.07) is 0. The summed E-state index contributed by atoms with van der Waals surface area (Å²) in [4.78, 5) is 2.32. The number of hydrogen-bond donors (Lipinski definition) is 0. The molecule has 0 bridgehead atoms. The first-order valence-corrected chi connectivity index (χ1v) is 3.70. The Labute approximate surface area is 55.8 Å². The van der Waals surface area contributed by atoms with Gasteiger partial charge in [0.2, 0.25) is 0 Å². The quantitative estimate of drug-likeness (QED) is 0.474. The van der Waals surface area contributed by atoms with Crippen LogP contribution in [0, 0.1) is 5.92 Å². The molecule has 2 heterocycles. The number of ether oxygens (including phenoxy) is 1. The van der Waals surface area contributed by atoms with Crippen LogP contribution >= 0.6 is 0 Å². The molecule has 52 valence electrons. The molecule has 0 spiro atoms. The Hall–Kier alpha value is -0.0800. The molecule has 0 aromatic rings. The summed E-state index contributed by atoms with van der Waals surface area (Å²) < 4.78 is 5.52. The third kappa shape index (κ3) is 0.775. The predicted octanol–water partition coefficient (Wildman–Crippen LogP) is 0.684. The van der Waals surface area contributed by atoms with E-state index in [1.165, 1.54) is 19.4 Å². The molecule has 0 aromatic carbocycles. The van der Waals surface area contributed by atoms with Crippen LogP contribution in [0.4, 0.5) is 0 Å². The molecule has 2 aliphatic rings. The van der Waals surface area contributed by atoms with Gasteiger partial charge in [-0.3, -0.25) is 4.90 Å². The van der Waals surface area contributed by atoms with Crippen molar-refractivity contribution in [2.75, 3.05) is 20.2 Å². The van der Waals surface area contributed by atoms with E-state index >= 15 is 0 Å². The van der Waals surface area contributed by atoms with Crippen molar-refractivity contribution in [2.45, 2.75) is 19.1 Å². The summed E-state index contributed by atoms with van der Waals surface area (Å²) in [7, 11) is 2.15. The smallest absolute Gasteiger partial charge is 0.113 e. The fourth-order valence-electron chi connectivity index (χ4n) is 1.89. The largest absolute Gasteiger partial charge is 0.363 e. The van der Waals surface area contributed by atoms with E-state index in [1.807, 2.05) is 0 Å². The summed E-state index contributed by atoms with van der Waals surface area (Å²) in [5.41, 5.74) is 0. The highest BCUT2D eigenvalue weighted by atomic mass is 16.5. The summed E-state index contributed by atoms with van der Waals surface area (Å²) in [5.74, 6) is 0.856. The minimum atomic E-state index is 0.477. The van der Waals surface area contributed by atoms with Crippen LogP contribution in [0.5, 0.6) is 0 Å². The monoisotopic (exact) mass is 127 g/mol. The van der Waals surface area contributed by atoms with Crippen LogP contribution in [-0.4, -0.2) is 31.3 Å². The Bertz CT molecular complexity index is 115. The van der Waals surface area contributed by atoms with Gasteiger partial charge >= 0.3 is 0 Å². The maximum absolute atomic E-state index is 5.52. The Kier molecular flexibility index (Phi) is 1.24. The van der Waals surface area contributed by atoms with Crippen molar-refractivity contribution >= 4 is 0 Å². The summed E-state index contributed by atoms with van der Waals surface area (Å²) >= 11 is 0. The first-order valence-electron chi connectivity index (χ1n) is 3.70. The van der Waals surface area contributed by atoms with Crippen molar-refractivity contribution in [2.24, 2.45) is 5.92 Å². The molecule has 2 atom stereocenters. The normalized spacial score (nSPS) is 43.7. The highest BCUT2D eigenvalue weighted by molar-refractivity contribution is 4.82. The van der Waals surface area contributed by atoms with E-state index in [9.17, 15) is 0 Å². The third-order valence-electron chi connectivity index (χ3n) is 2.47. The lowest BCUT2D eigenvalue weighted by Gasteiger charge is -2.16. The second-order valence-corrected chi connectivity index (χ2v) is 3.08. The molecule has 0 aliphatic carbocycles. The van der Waals surface area contributed by atoms with E-state index in [0.717, 1.165) is 12.5 Å². The molecule has 0 amide bonds. The van der Waals surface area contributed by atoms with Crippen LogP contribution in [0.2, 0.25) is 0 Å². The maximum Gasteiger partial charge on any atom is 0.113 e. The molecule has 2 unspecified atom stereocenters. The molecule has 2 fully saturated rings. The van der Waals surface area contributed by atoms with Crippen molar-refractivity contribution in [3.63, 3.8) is 0 Å². The molecule has 2 rings (SSSR count). The standard InChI is InChI=1S/C7H13NO/c1-8-4-2-6-3-5-9-7(6)8/h6-7H,2-5H2,1H3. The van der Waals surface area contributed by atoms with E-state index in [4.69, 9.17) is 4.74 Å². The second-order valence-electron chi connectivity index (χ2n) is 3.08. The number of likely N-dealkylation sites (tertiary alicyclic amines) is 1. The zero-order valence-corrected chi connectivity index (χ0v) is 5.84. The Morgan fingerprint density at radius 3 is 3.11 bits per heavy atom. The zero-order valence-electron chi connectivity index (χ0n) is 5.84. The topological polar surface area (TPSA) is 12.5 Å². The fourth-order valence-corrected chi connectivity index (χ4v) is 1.89. The first-order chi connectivity index (χ1) is 4.38. The lowest BCUT2D eigenvalue weighted by atomic mass is 10.1. The van der Waals surface area contributed by atoms with Gasteiger partial charge in [-0.2, -0.15) is 0 Å². The average Bonchev–Trinajstić information content (AvgIpc) is 2.35. The van der Waals surface area contributed by atoms with Crippen molar-refractivity contribution in [3.8, 4) is 0 Å². The predicted molar refractivity (Wildman–Crippen MR) is 35.1 cm³/mol. The van der Waals surface area contributed by atoms with Crippen LogP contribution < -0.4 is 0 Å². The van der Waals surface area contributed by atoms with Crippen molar-refractivity contribution < 1.29 is 4.74 Å². The number of nitrogens with zero attached hydrogens (tertiary/aromatic N) is 1. The second kappa shape index (κ2) is 1.96. The van der Waals surface area contributed by atoms with Gasteiger partial charge in [0.05, 0.1) is 0 Å². The minimum Gasteiger partial charge on any atom is -0.363 e. The molecule has 0 N–H and O–H groups in total. The molecule has 0 aromatic heterocycles. The maximum atomic E-state index is 5.52. The molecule has 9 heavy (non-hydrogen) atoms. The van der Waals surface area contributed by atoms with Crippen LogP contribution in [0.3, 0.4) is 0 Å². The lowest BCUT2D eigenvalue weighted by Crippen LogP contribution is -2.27. The van der Waals surface area contributed by atoms with E-state index in [2.05, 4.69) is 11.9 Å². The van der Waals surface area contributed by atoms with Crippen LogP contribution in [-0.2, 0) is 4.74 Å². The molecular weight excluding hydrogens is 114 g/mol. The van der Waals surface area contributed by atoms with Gasteiger partial charge in [-0.1, -0.05) is 0 Å². The van der Waals surface area contributed by atoms with Gasteiger partial charge in [0, 0.05) is 19.1 Å². The Balaban J connectivity index is 2.07. The van der Waals surface area contributed by atoms with Gasteiger partial charge in [-0.15, -0.1) is 0 Å². The Morgan fingerprint density at radius 2 is 2.33 bits per heavy atom. The Morgan fingerprint density at radius 1 is 1.44 bits per heavy atom. The van der Waals surface area contributed by atoms with Gasteiger partial charge < -0.3 is 4.74 Å². The molecule has 0 saturated carbocycles. The molecular formula is C7H13NO. The van der Waals surface area contributed by atoms with Gasteiger partial charge in [0.1, 0.15) is 6.23 Å². The van der Waals surface area contributed by atoms with Crippen molar-refractivity contribution in [1.82, 2.24) is 4.90 Å². The SMILES string of the molecule is CN1CCC2CCOC21. The number of hydrogen-bond acceptors (Lipinski definition) is 2. The van der Waals surface area contributed by atoms with Crippen LogP contribution in [0.1, 0.15) is 12.8 Å². The lowest BCUT2D eigenvalue weighted by molar-refractivity contribution is 0.00710. The van der Waals surface area contributed by atoms with Crippen molar-refractivity contribution in [3.05, 3.63) is 0 Å². The van der Waals surface area contributed by atoms with E-state index in [-0.39, 0.29) is 0 Å². The number of rotatable bonds is 0. The fraction of sp³-hybridized carbons (Fsp3) is 1.00. The minimum absolute atomic E-state index is 0.477. The highest BCUT2D eigenvalue weighted by Gasteiger charge is 2.36. The van der Waals surface area contributed by atoms with Crippen LogP contribution in [0.15, 0.2) is 0 Å². The molecule has 2 heteroatoms. The van der Waals surface area contributed by atoms with Crippen molar-refractivity contribution in [1.29, 1.82) is 0 Å². The molecule has 2 saturated heterocycles. The third-order valence-corrected chi connectivity index (χ3v) is 2.47. The van der Waals surface area contributed by atoms with E-state index in [1.54, 1.807) is 0 Å². The first kappa shape index (κ1) is 5.69. The van der Waals surface area contributed by atoms with E-state index in [0.29, 0.717) is 6.23 Å². The average molecular weight is 127 g/mol. The van der Waals surface area contributed by atoms with Gasteiger partial charge in [0.15, 0.2) is 0 Å². The summed E-state index contributed by atoms with van der Waals surface area (Å²) in [6.45, 7) is 2.22. The molecule has 2 aliphatic heterocycles. The summed E-state index contributed by atoms with van der Waals surface area (Å²) in [5, 5.41) is 0. The number of fused-ring (bicyclic) bond motifs is 1.